The minimum atomic E-state index is -0.723. The lowest BCUT2D eigenvalue weighted by molar-refractivity contribution is -0.268. The quantitative estimate of drug-likeness (QED) is 0.600. The second kappa shape index (κ2) is 5.70. The summed E-state index contributed by atoms with van der Waals surface area (Å²) in [4.78, 5) is 3.43. The molecule has 2 fully saturated rings. The van der Waals surface area contributed by atoms with Crippen LogP contribution in [0.1, 0.15) is 50.7 Å². The fourth-order valence-electron chi connectivity index (χ4n) is 3.99. The summed E-state index contributed by atoms with van der Waals surface area (Å²) in [5, 5.41) is 0. The minimum absolute atomic E-state index is 0.0970. The number of aromatic nitrogens is 1. The zero-order valence-electron chi connectivity index (χ0n) is 12.8. The molecule has 120 valence electrons. The molecule has 0 radical (unpaired) electrons. The summed E-state index contributed by atoms with van der Waals surface area (Å²) in [5.74, 6) is -1.99. The first kappa shape index (κ1) is 15.6. The lowest BCUT2D eigenvalue weighted by Crippen LogP contribution is -2.43. The first-order valence-corrected chi connectivity index (χ1v) is 7.76. The molecule has 0 N–H and O–H groups in total. The summed E-state index contributed by atoms with van der Waals surface area (Å²) in [5.41, 5.74) is 0.0320. The van der Waals surface area contributed by atoms with Crippen LogP contribution in [0.3, 0.4) is 0 Å². The number of hydrogen-bond acceptors (Lipinski definition) is 3. The van der Waals surface area contributed by atoms with Crippen molar-refractivity contribution < 1.29 is 18.3 Å². The first-order chi connectivity index (χ1) is 10.5. The highest BCUT2D eigenvalue weighted by Crippen LogP contribution is 2.59. The van der Waals surface area contributed by atoms with E-state index in [0.29, 0.717) is 6.61 Å². The smallest absolute Gasteiger partial charge is 0.218 e. The molecule has 22 heavy (non-hydrogen) atoms. The Hall–Kier alpha value is -1.33. The highest BCUT2D eigenvalue weighted by atomic mass is 19.1. The van der Waals surface area contributed by atoms with Gasteiger partial charge in [0.2, 0.25) is 5.95 Å². The molecule has 1 aromatic rings. The topological polar surface area (TPSA) is 31.4 Å². The zero-order chi connectivity index (χ0) is 15.8. The summed E-state index contributed by atoms with van der Waals surface area (Å²) in [6.45, 7) is 6.19. The van der Waals surface area contributed by atoms with Gasteiger partial charge in [-0.15, -0.1) is 6.58 Å². The van der Waals surface area contributed by atoms with E-state index in [4.69, 9.17) is 9.47 Å². The minimum Gasteiger partial charge on any atom is -0.349 e. The van der Waals surface area contributed by atoms with E-state index >= 15 is 0 Å². The van der Waals surface area contributed by atoms with E-state index in [1.165, 1.54) is 0 Å². The van der Waals surface area contributed by atoms with E-state index in [1.54, 1.807) is 6.92 Å². The van der Waals surface area contributed by atoms with Gasteiger partial charge in [0, 0.05) is 17.4 Å². The molecule has 0 aromatic carbocycles. The van der Waals surface area contributed by atoms with Crippen molar-refractivity contribution in [2.24, 2.45) is 5.41 Å². The van der Waals surface area contributed by atoms with E-state index in [1.807, 2.05) is 6.08 Å². The number of hydrogen-bond donors (Lipinski definition) is 0. The molecular weight excluding hydrogens is 288 g/mol. The van der Waals surface area contributed by atoms with Gasteiger partial charge in [-0.2, -0.15) is 4.39 Å². The molecule has 1 aliphatic heterocycles. The van der Waals surface area contributed by atoms with Gasteiger partial charge in [0.05, 0.1) is 18.9 Å². The normalized spacial score (nSPS) is 32.0. The van der Waals surface area contributed by atoms with Crippen LogP contribution >= 0.6 is 0 Å². The highest BCUT2D eigenvalue weighted by molar-refractivity contribution is 5.16. The molecule has 0 amide bonds. The van der Waals surface area contributed by atoms with Crippen molar-refractivity contribution in [2.45, 2.75) is 50.9 Å². The van der Waals surface area contributed by atoms with Crippen LogP contribution in [0.25, 0.3) is 0 Å². The Morgan fingerprint density at radius 1 is 1.45 bits per heavy atom. The van der Waals surface area contributed by atoms with Crippen molar-refractivity contribution in [1.82, 2.24) is 4.98 Å². The Labute approximate surface area is 129 Å². The molecular formula is C17H21F2NO2. The van der Waals surface area contributed by atoms with Crippen LogP contribution in [0.4, 0.5) is 8.78 Å². The van der Waals surface area contributed by atoms with Gasteiger partial charge in [0.1, 0.15) is 5.82 Å². The summed E-state index contributed by atoms with van der Waals surface area (Å²) >= 11 is 0. The van der Waals surface area contributed by atoms with E-state index in [0.717, 1.165) is 44.4 Å². The molecule has 3 rings (SSSR count). The number of fused-ring (bicyclic) bond motifs is 1. The molecule has 5 heteroatoms. The van der Waals surface area contributed by atoms with Gasteiger partial charge in [0.25, 0.3) is 0 Å². The van der Waals surface area contributed by atoms with Gasteiger partial charge in [-0.25, -0.2) is 9.37 Å². The third-order valence-electron chi connectivity index (χ3n) is 5.06. The van der Waals surface area contributed by atoms with Crippen molar-refractivity contribution in [3.05, 3.63) is 42.2 Å². The van der Waals surface area contributed by atoms with E-state index in [2.05, 4.69) is 11.6 Å². The summed E-state index contributed by atoms with van der Waals surface area (Å²) in [6, 6.07) is 1.14. The second-order valence-corrected chi connectivity index (χ2v) is 6.27. The molecule has 1 saturated carbocycles. The molecule has 3 atom stereocenters. The van der Waals surface area contributed by atoms with E-state index in [9.17, 15) is 8.78 Å². The van der Waals surface area contributed by atoms with Gasteiger partial charge in [-0.1, -0.05) is 6.08 Å². The SMILES string of the molecule is C=CC[C@]12CCC[C@]1(OC(C)c1cc(F)cnc1F)OCC2. The molecule has 2 heterocycles. The van der Waals surface area contributed by atoms with E-state index in [-0.39, 0.29) is 11.0 Å². The lowest BCUT2D eigenvalue weighted by atomic mass is 9.77. The van der Waals surface area contributed by atoms with Crippen LogP contribution in [-0.2, 0) is 9.47 Å². The van der Waals surface area contributed by atoms with Crippen LogP contribution in [0.5, 0.6) is 0 Å². The van der Waals surface area contributed by atoms with Crippen molar-refractivity contribution in [1.29, 1.82) is 0 Å². The predicted molar refractivity (Wildman–Crippen MR) is 78.1 cm³/mol. The maximum atomic E-state index is 13.9. The molecule has 1 aromatic heterocycles. The third kappa shape index (κ3) is 2.36. The number of ether oxygens (including phenoxy) is 2. The maximum Gasteiger partial charge on any atom is 0.218 e. The summed E-state index contributed by atoms with van der Waals surface area (Å²) in [7, 11) is 0. The molecule has 3 nitrogen and oxygen atoms in total. The van der Waals surface area contributed by atoms with Gasteiger partial charge in [-0.05, 0) is 38.7 Å². The first-order valence-electron chi connectivity index (χ1n) is 7.76. The number of nitrogens with zero attached hydrogens (tertiary/aromatic N) is 1. The Kier molecular flexibility index (Phi) is 4.03. The van der Waals surface area contributed by atoms with Crippen molar-refractivity contribution in [3.63, 3.8) is 0 Å². The number of halogens is 2. The third-order valence-corrected chi connectivity index (χ3v) is 5.06. The Balaban J connectivity index is 1.87. The Morgan fingerprint density at radius 3 is 3.05 bits per heavy atom. The van der Waals surface area contributed by atoms with Crippen LogP contribution in [0, 0.1) is 17.2 Å². The van der Waals surface area contributed by atoms with Gasteiger partial charge in [0.15, 0.2) is 5.79 Å². The summed E-state index contributed by atoms with van der Waals surface area (Å²) < 4.78 is 39.4. The van der Waals surface area contributed by atoms with Crippen LogP contribution < -0.4 is 0 Å². The van der Waals surface area contributed by atoms with Gasteiger partial charge in [-0.3, -0.25) is 0 Å². The lowest BCUT2D eigenvalue weighted by Gasteiger charge is -2.40. The van der Waals surface area contributed by atoms with Crippen molar-refractivity contribution in [3.8, 4) is 0 Å². The highest BCUT2D eigenvalue weighted by Gasteiger charge is 2.60. The van der Waals surface area contributed by atoms with Crippen LogP contribution in [-0.4, -0.2) is 17.4 Å². The molecule has 2 aliphatic rings. The number of pyridine rings is 1. The molecule has 1 aliphatic carbocycles. The molecule has 0 bridgehead atoms. The standard InChI is InChI=1S/C17H21F2NO2/c1-3-5-16-6-4-7-17(16,21-9-8-16)22-12(2)14-10-13(18)11-20-15(14)19/h3,10-12H,1,4-9H2,2H3/t12?,16-,17-/m1/s1. The van der Waals surface area contributed by atoms with Crippen molar-refractivity contribution >= 4 is 0 Å². The van der Waals surface area contributed by atoms with Gasteiger partial charge >= 0.3 is 0 Å². The molecule has 1 unspecified atom stereocenters. The van der Waals surface area contributed by atoms with Crippen LogP contribution in [0.15, 0.2) is 24.9 Å². The fourth-order valence-corrected chi connectivity index (χ4v) is 3.99. The van der Waals surface area contributed by atoms with Gasteiger partial charge < -0.3 is 9.47 Å². The van der Waals surface area contributed by atoms with Crippen molar-refractivity contribution in [2.75, 3.05) is 6.61 Å². The second-order valence-electron chi connectivity index (χ2n) is 6.27. The maximum absolute atomic E-state index is 13.9. The molecule has 1 saturated heterocycles. The Morgan fingerprint density at radius 2 is 2.27 bits per heavy atom. The number of allylic oxidation sites excluding steroid dienone is 1. The number of rotatable bonds is 5. The van der Waals surface area contributed by atoms with E-state index < -0.39 is 23.7 Å². The molecule has 0 spiro atoms. The Bertz CT molecular complexity index is 566. The zero-order valence-corrected chi connectivity index (χ0v) is 12.8. The predicted octanol–water partition coefficient (Wildman–Crippen LogP) is 4.30. The largest absolute Gasteiger partial charge is 0.349 e. The average Bonchev–Trinajstić information content (AvgIpc) is 2.96. The monoisotopic (exact) mass is 309 g/mol. The fraction of sp³-hybridized carbons (Fsp3) is 0.588. The average molecular weight is 309 g/mol. The summed E-state index contributed by atoms with van der Waals surface area (Å²) in [6.07, 6.45) is 6.65. The van der Waals surface area contributed by atoms with Crippen LogP contribution in [0.2, 0.25) is 0 Å².